The summed E-state index contributed by atoms with van der Waals surface area (Å²) < 4.78 is 11.0. The molecule has 22 heavy (non-hydrogen) atoms. The average molecular weight is 299 g/mol. The first-order chi connectivity index (χ1) is 10.7. The smallest absolute Gasteiger partial charge is 0.319 e. The molecule has 1 atom stereocenters. The van der Waals surface area contributed by atoms with Gasteiger partial charge in [-0.25, -0.2) is 4.79 Å². The molecule has 6 nitrogen and oxygen atoms in total. The zero-order chi connectivity index (χ0) is 15.4. The maximum absolute atomic E-state index is 12.0. The second-order valence-corrected chi connectivity index (χ2v) is 4.96. The molecule has 2 heterocycles. The van der Waals surface area contributed by atoms with Gasteiger partial charge in [-0.2, -0.15) is 0 Å². The molecular weight excluding hydrogens is 282 g/mol. The molecule has 1 aromatic carbocycles. The number of carbonyl (C=O) groups is 1. The first-order valence-corrected chi connectivity index (χ1v) is 7.09. The highest BCUT2D eigenvalue weighted by molar-refractivity contribution is 5.89. The van der Waals surface area contributed by atoms with Gasteiger partial charge >= 0.3 is 6.03 Å². The van der Waals surface area contributed by atoms with Gasteiger partial charge in [-0.1, -0.05) is 6.07 Å². The molecule has 0 bridgehead atoms. The van der Waals surface area contributed by atoms with Crippen LogP contribution in [0.25, 0.3) is 0 Å². The topological polar surface area (TPSA) is 72.5 Å². The van der Waals surface area contributed by atoms with E-state index in [1.54, 1.807) is 24.5 Å². The molecular formula is C16H17N3O3. The van der Waals surface area contributed by atoms with E-state index in [1.807, 2.05) is 25.1 Å². The van der Waals surface area contributed by atoms with Crippen molar-refractivity contribution in [3.8, 4) is 11.5 Å². The monoisotopic (exact) mass is 299 g/mol. The van der Waals surface area contributed by atoms with Gasteiger partial charge in [-0.15, -0.1) is 0 Å². The van der Waals surface area contributed by atoms with Crippen molar-refractivity contribution in [2.75, 3.05) is 18.5 Å². The number of hydrogen-bond acceptors (Lipinski definition) is 4. The number of anilines is 1. The van der Waals surface area contributed by atoms with Crippen LogP contribution < -0.4 is 20.1 Å². The fourth-order valence-corrected chi connectivity index (χ4v) is 2.21. The Morgan fingerprint density at radius 1 is 1.23 bits per heavy atom. The minimum atomic E-state index is -0.282. The number of aromatic nitrogens is 1. The van der Waals surface area contributed by atoms with Crippen molar-refractivity contribution in [2.24, 2.45) is 0 Å². The summed E-state index contributed by atoms with van der Waals surface area (Å²) in [7, 11) is 0. The normalized spacial score (nSPS) is 14.0. The summed E-state index contributed by atoms with van der Waals surface area (Å²) in [6, 6.07) is 8.77. The first-order valence-electron chi connectivity index (χ1n) is 7.09. The number of hydrogen-bond donors (Lipinski definition) is 2. The maximum Gasteiger partial charge on any atom is 0.319 e. The van der Waals surface area contributed by atoms with Gasteiger partial charge in [0.05, 0.1) is 17.9 Å². The summed E-state index contributed by atoms with van der Waals surface area (Å²) in [6.07, 6.45) is 3.25. The molecule has 2 aromatic rings. The third-order valence-electron chi connectivity index (χ3n) is 3.33. The lowest BCUT2D eigenvalue weighted by Gasteiger charge is -2.21. The molecule has 2 N–H and O–H groups in total. The highest BCUT2D eigenvalue weighted by Gasteiger charge is 2.15. The summed E-state index contributed by atoms with van der Waals surface area (Å²) >= 11 is 0. The zero-order valence-corrected chi connectivity index (χ0v) is 12.2. The number of carbonyl (C=O) groups excluding carboxylic acids is 1. The van der Waals surface area contributed by atoms with E-state index in [9.17, 15) is 4.79 Å². The van der Waals surface area contributed by atoms with E-state index >= 15 is 0 Å². The highest BCUT2D eigenvalue weighted by atomic mass is 16.6. The third kappa shape index (κ3) is 3.28. The van der Waals surface area contributed by atoms with Gasteiger partial charge in [0.2, 0.25) is 0 Å². The Balaban J connectivity index is 1.64. The Labute approximate surface area is 128 Å². The first kappa shape index (κ1) is 14.2. The van der Waals surface area contributed by atoms with Crippen molar-refractivity contribution in [3.05, 3.63) is 48.3 Å². The summed E-state index contributed by atoms with van der Waals surface area (Å²) in [5.41, 5.74) is 1.60. The number of ether oxygens (including phenoxy) is 2. The van der Waals surface area contributed by atoms with Gasteiger partial charge in [0.1, 0.15) is 13.2 Å². The van der Waals surface area contributed by atoms with Gasteiger partial charge in [0.25, 0.3) is 0 Å². The van der Waals surface area contributed by atoms with Crippen LogP contribution in [0, 0.1) is 0 Å². The fourth-order valence-electron chi connectivity index (χ4n) is 2.21. The van der Waals surface area contributed by atoms with Gasteiger partial charge in [-0.3, -0.25) is 4.98 Å². The molecule has 0 spiro atoms. The van der Waals surface area contributed by atoms with Crippen molar-refractivity contribution in [1.29, 1.82) is 0 Å². The number of nitrogens with zero attached hydrogens (tertiary/aromatic N) is 1. The number of amides is 2. The van der Waals surface area contributed by atoms with Crippen LogP contribution in [0.3, 0.4) is 0 Å². The standard InChI is InChI=1S/C16H17N3O3/c1-11(18-16(20)19-13-3-2-6-17-10-13)12-4-5-14-15(9-12)22-8-7-21-14/h2-6,9-11H,7-8H2,1H3,(H2,18,19,20)/t11-/m0/s1. The van der Waals surface area contributed by atoms with Crippen molar-refractivity contribution >= 4 is 11.7 Å². The molecule has 1 aliphatic rings. The Kier molecular flexibility index (Phi) is 4.09. The van der Waals surface area contributed by atoms with E-state index < -0.39 is 0 Å². The lowest BCUT2D eigenvalue weighted by Crippen LogP contribution is -2.31. The van der Waals surface area contributed by atoms with Crippen molar-refractivity contribution < 1.29 is 14.3 Å². The molecule has 1 aliphatic heterocycles. The molecule has 6 heteroatoms. The van der Waals surface area contributed by atoms with Gasteiger partial charge < -0.3 is 20.1 Å². The third-order valence-corrected chi connectivity index (χ3v) is 3.33. The molecule has 114 valence electrons. The van der Waals surface area contributed by atoms with Gasteiger partial charge in [-0.05, 0) is 36.8 Å². The average Bonchev–Trinajstić information content (AvgIpc) is 2.55. The second-order valence-electron chi connectivity index (χ2n) is 4.96. The predicted molar refractivity (Wildman–Crippen MR) is 82.2 cm³/mol. The van der Waals surface area contributed by atoms with E-state index in [0.717, 1.165) is 11.3 Å². The van der Waals surface area contributed by atoms with E-state index in [4.69, 9.17) is 9.47 Å². The zero-order valence-electron chi connectivity index (χ0n) is 12.2. The predicted octanol–water partition coefficient (Wildman–Crippen LogP) is 2.74. The van der Waals surface area contributed by atoms with Crippen LogP contribution in [0.15, 0.2) is 42.7 Å². The van der Waals surface area contributed by atoms with Crippen LogP contribution in [0.1, 0.15) is 18.5 Å². The summed E-state index contributed by atoms with van der Waals surface area (Å²) in [5, 5.41) is 5.61. The summed E-state index contributed by atoms with van der Waals surface area (Å²) in [6.45, 7) is 3.02. The number of fused-ring (bicyclic) bond motifs is 1. The SMILES string of the molecule is C[C@H](NC(=O)Nc1cccnc1)c1ccc2c(c1)OCCO2. The second kappa shape index (κ2) is 6.34. The molecule has 0 aliphatic carbocycles. The fraction of sp³-hybridized carbons (Fsp3) is 0.250. The van der Waals surface area contributed by atoms with E-state index in [2.05, 4.69) is 15.6 Å². The Bertz CT molecular complexity index is 661. The molecule has 2 amide bonds. The van der Waals surface area contributed by atoms with E-state index in [-0.39, 0.29) is 12.1 Å². The van der Waals surface area contributed by atoms with Crippen LogP contribution in [-0.2, 0) is 0 Å². The van der Waals surface area contributed by atoms with Crippen LogP contribution in [0.5, 0.6) is 11.5 Å². The largest absolute Gasteiger partial charge is 0.486 e. The Hall–Kier alpha value is -2.76. The minimum Gasteiger partial charge on any atom is -0.486 e. The number of nitrogens with one attached hydrogen (secondary N) is 2. The van der Waals surface area contributed by atoms with Gasteiger partial charge in [0.15, 0.2) is 11.5 Å². The summed E-state index contributed by atoms with van der Waals surface area (Å²) in [4.78, 5) is 15.9. The molecule has 1 aromatic heterocycles. The summed E-state index contributed by atoms with van der Waals surface area (Å²) in [5.74, 6) is 1.45. The van der Waals surface area contributed by atoms with E-state index in [0.29, 0.717) is 24.7 Å². The Morgan fingerprint density at radius 3 is 2.82 bits per heavy atom. The molecule has 0 radical (unpaired) electrons. The highest BCUT2D eigenvalue weighted by Crippen LogP contribution is 2.32. The molecule has 3 rings (SSSR count). The van der Waals surface area contributed by atoms with E-state index in [1.165, 1.54) is 0 Å². The van der Waals surface area contributed by atoms with Crippen molar-refractivity contribution in [1.82, 2.24) is 10.3 Å². The number of pyridine rings is 1. The maximum atomic E-state index is 12.0. The molecule has 0 fully saturated rings. The quantitative estimate of drug-likeness (QED) is 0.914. The molecule has 0 unspecified atom stereocenters. The van der Waals surface area contributed by atoms with Crippen molar-refractivity contribution in [2.45, 2.75) is 13.0 Å². The van der Waals surface area contributed by atoms with Crippen LogP contribution in [-0.4, -0.2) is 24.2 Å². The lowest BCUT2D eigenvalue weighted by molar-refractivity contribution is 0.171. The van der Waals surface area contributed by atoms with Crippen LogP contribution in [0.2, 0.25) is 0 Å². The molecule has 0 saturated carbocycles. The molecule has 0 saturated heterocycles. The van der Waals surface area contributed by atoms with Gasteiger partial charge in [0, 0.05) is 6.20 Å². The number of benzene rings is 1. The lowest BCUT2D eigenvalue weighted by atomic mass is 10.1. The van der Waals surface area contributed by atoms with Crippen LogP contribution >= 0.6 is 0 Å². The van der Waals surface area contributed by atoms with Crippen LogP contribution in [0.4, 0.5) is 10.5 Å². The number of urea groups is 1. The Morgan fingerprint density at radius 2 is 2.05 bits per heavy atom. The van der Waals surface area contributed by atoms with Crippen molar-refractivity contribution in [3.63, 3.8) is 0 Å². The number of rotatable bonds is 3. The minimum absolute atomic E-state index is 0.160.